The molecule has 1 aliphatic rings. The Kier molecular flexibility index (Phi) is 5.02. The van der Waals surface area contributed by atoms with Crippen molar-refractivity contribution in [3.63, 3.8) is 0 Å². The van der Waals surface area contributed by atoms with Gasteiger partial charge in [0.05, 0.1) is 25.8 Å². The van der Waals surface area contributed by atoms with Crippen LogP contribution < -0.4 is 10.1 Å². The van der Waals surface area contributed by atoms with Crippen LogP contribution in [0.4, 0.5) is 0 Å². The van der Waals surface area contributed by atoms with E-state index in [1.54, 1.807) is 21.0 Å². The van der Waals surface area contributed by atoms with Crippen molar-refractivity contribution >= 4 is 11.9 Å². The van der Waals surface area contributed by atoms with E-state index in [2.05, 4.69) is 10.3 Å². The van der Waals surface area contributed by atoms with Crippen molar-refractivity contribution in [1.29, 1.82) is 0 Å². The van der Waals surface area contributed by atoms with Gasteiger partial charge in [-0.3, -0.25) is 4.79 Å². The van der Waals surface area contributed by atoms with Crippen LogP contribution in [0.25, 0.3) is 0 Å². The monoisotopic (exact) mass is 356 g/mol. The standard InChI is InChI=1S/C20H24N2O4/c1-11-16(20(24)26-4)12(2)21-17(11)19(23)22-18(13-5-6-13)14-7-9-15(25-3)10-8-14/h7-10,13,18,21H,5-6H2,1-4H3,(H,22,23). The lowest BCUT2D eigenvalue weighted by atomic mass is 10.0. The van der Waals surface area contributed by atoms with Crippen molar-refractivity contribution in [2.45, 2.75) is 32.7 Å². The number of benzene rings is 1. The van der Waals surface area contributed by atoms with E-state index < -0.39 is 5.97 Å². The molecule has 6 heteroatoms. The molecule has 1 fully saturated rings. The van der Waals surface area contributed by atoms with Crippen molar-refractivity contribution in [3.8, 4) is 5.75 Å². The van der Waals surface area contributed by atoms with Crippen LogP contribution in [-0.2, 0) is 4.74 Å². The number of carbonyl (C=O) groups excluding carboxylic acids is 2. The van der Waals surface area contributed by atoms with Gasteiger partial charge in [-0.25, -0.2) is 4.79 Å². The first-order valence-electron chi connectivity index (χ1n) is 8.68. The molecular formula is C20H24N2O4. The third-order valence-corrected chi connectivity index (χ3v) is 4.91. The average molecular weight is 356 g/mol. The van der Waals surface area contributed by atoms with Crippen molar-refractivity contribution in [2.24, 2.45) is 5.92 Å². The van der Waals surface area contributed by atoms with E-state index in [-0.39, 0.29) is 11.9 Å². The van der Waals surface area contributed by atoms with Crippen LogP contribution in [-0.4, -0.2) is 31.1 Å². The Bertz CT molecular complexity index is 819. The molecule has 26 heavy (non-hydrogen) atoms. The molecule has 1 atom stereocenters. The van der Waals surface area contributed by atoms with Gasteiger partial charge in [-0.05, 0) is 55.9 Å². The number of aromatic nitrogens is 1. The van der Waals surface area contributed by atoms with Crippen molar-refractivity contribution < 1.29 is 19.1 Å². The van der Waals surface area contributed by atoms with E-state index in [4.69, 9.17) is 9.47 Å². The summed E-state index contributed by atoms with van der Waals surface area (Å²) in [4.78, 5) is 27.8. The van der Waals surface area contributed by atoms with Crippen LogP contribution in [0.2, 0.25) is 0 Å². The third kappa shape index (κ3) is 3.45. The lowest BCUT2D eigenvalue weighted by Crippen LogP contribution is -2.30. The number of carbonyl (C=O) groups is 2. The van der Waals surface area contributed by atoms with Gasteiger partial charge in [0.2, 0.25) is 0 Å². The average Bonchev–Trinajstić information content (AvgIpc) is 3.44. The Balaban J connectivity index is 1.84. The highest BCUT2D eigenvalue weighted by atomic mass is 16.5. The van der Waals surface area contributed by atoms with Crippen LogP contribution in [0, 0.1) is 19.8 Å². The number of hydrogen-bond donors (Lipinski definition) is 2. The summed E-state index contributed by atoms with van der Waals surface area (Å²) >= 11 is 0. The highest BCUT2D eigenvalue weighted by Crippen LogP contribution is 2.41. The zero-order chi connectivity index (χ0) is 18.8. The molecule has 1 unspecified atom stereocenters. The Hall–Kier alpha value is -2.76. The maximum absolute atomic E-state index is 12.9. The van der Waals surface area contributed by atoms with Gasteiger partial charge >= 0.3 is 5.97 Å². The molecule has 1 aromatic carbocycles. The zero-order valence-corrected chi connectivity index (χ0v) is 15.5. The van der Waals surface area contributed by atoms with E-state index in [1.807, 2.05) is 24.3 Å². The number of amides is 1. The number of H-pyrrole nitrogens is 1. The molecule has 0 aliphatic heterocycles. The molecule has 1 aromatic heterocycles. The lowest BCUT2D eigenvalue weighted by molar-refractivity contribution is 0.0599. The summed E-state index contributed by atoms with van der Waals surface area (Å²) in [6.45, 7) is 3.52. The van der Waals surface area contributed by atoms with Crippen molar-refractivity contribution in [3.05, 3.63) is 52.3 Å². The number of hydrogen-bond acceptors (Lipinski definition) is 4. The van der Waals surface area contributed by atoms with Gasteiger partial charge in [0.15, 0.2) is 0 Å². The Morgan fingerprint density at radius 2 is 1.81 bits per heavy atom. The highest BCUT2D eigenvalue weighted by Gasteiger charge is 2.34. The van der Waals surface area contributed by atoms with E-state index in [9.17, 15) is 9.59 Å². The van der Waals surface area contributed by atoms with E-state index in [1.165, 1.54) is 7.11 Å². The van der Waals surface area contributed by atoms with Gasteiger partial charge in [0.25, 0.3) is 5.91 Å². The first kappa shape index (κ1) is 18.0. The largest absolute Gasteiger partial charge is 0.497 e. The Morgan fingerprint density at radius 1 is 1.15 bits per heavy atom. The third-order valence-electron chi connectivity index (χ3n) is 4.91. The van der Waals surface area contributed by atoms with Gasteiger partial charge in [-0.2, -0.15) is 0 Å². The van der Waals surface area contributed by atoms with Crippen LogP contribution in [0.1, 0.15) is 56.6 Å². The predicted molar refractivity (Wildman–Crippen MR) is 97.5 cm³/mol. The number of esters is 1. The smallest absolute Gasteiger partial charge is 0.339 e. The molecule has 1 amide bonds. The predicted octanol–water partition coefficient (Wildman–Crippen LogP) is 3.31. The van der Waals surface area contributed by atoms with Crippen LogP contribution >= 0.6 is 0 Å². The highest BCUT2D eigenvalue weighted by molar-refractivity contribution is 6.00. The second-order valence-corrected chi connectivity index (χ2v) is 6.68. The number of aromatic amines is 1. The normalized spacial score (nSPS) is 14.6. The van der Waals surface area contributed by atoms with Gasteiger partial charge in [0.1, 0.15) is 11.4 Å². The molecule has 1 saturated carbocycles. The maximum Gasteiger partial charge on any atom is 0.339 e. The molecule has 0 radical (unpaired) electrons. The van der Waals surface area contributed by atoms with E-state index in [0.717, 1.165) is 24.2 Å². The molecule has 2 N–H and O–H groups in total. The van der Waals surface area contributed by atoms with Gasteiger partial charge in [-0.15, -0.1) is 0 Å². The topological polar surface area (TPSA) is 80.4 Å². The number of methoxy groups -OCH3 is 2. The van der Waals surface area contributed by atoms with E-state index in [0.29, 0.717) is 28.4 Å². The number of ether oxygens (including phenoxy) is 2. The summed E-state index contributed by atoms with van der Waals surface area (Å²) in [6, 6.07) is 7.70. The fourth-order valence-electron chi connectivity index (χ4n) is 3.31. The Morgan fingerprint density at radius 3 is 2.35 bits per heavy atom. The summed E-state index contributed by atoms with van der Waals surface area (Å²) in [7, 11) is 2.96. The molecule has 2 aromatic rings. The lowest BCUT2D eigenvalue weighted by Gasteiger charge is -2.19. The molecular weight excluding hydrogens is 332 g/mol. The minimum atomic E-state index is -0.441. The van der Waals surface area contributed by atoms with Crippen molar-refractivity contribution in [1.82, 2.24) is 10.3 Å². The molecule has 0 bridgehead atoms. The maximum atomic E-state index is 12.9. The van der Waals surface area contributed by atoms with Crippen LogP contribution in [0.5, 0.6) is 5.75 Å². The molecule has 1 aliphatic carbocycles. The summed E-state index contributed by atoms with van der Waals surface area (Å²) in [6.07, 6.45) is 2.18. The molecule has 0 saturated heterocycles. The minimum absolute atomic E-state index is 0.0574. The first-order valence-corrected chi connectivity index (χ1v) is 8.68. The summed E-state index contributed by atoms with van der Waals surface area (Å²) in [5.74, 6) is 0.564. The quantitative estimate of drug-likeness (QED) is 0.778. The molecule has 0 spiro atoms. The number of nitrogens with one attached hydrogen (secondary N) is 2. The second-order valence-electron chi connectivity index (χ2n) is 6.68. The SMILES string of the molecule is COC(=O)c1c(C)[nH]c(C(=O)NC(c2ccc(OC)cc2)C2CC2)c1C. The molecule has 1 heterocycles. The fraction of sp³-hybridized carbons (Fsp3) is 0.400. The first-order chi connectivity index (χ1) is 12.5. The minimum Gasteiger partial charge on any atom is -0.497 e. The van der Waals surface area contributed by atoms with Crippen molar-refractivity contribution in [2.75, 3.05) is 14.2 Å². The zero-order valence-electron chi connectivity index (χ0n) is 15.5. The van der Waals surface area contributed by atoms with Crippen LogP contribution in [0.15, 0.2) is 24.3 Å². The van der Waals surface area contributed by atoms with Crippen LogP contribution in [0.3, 0.4) is 0 Å². The van der Waals surface area contributed by atoms with E-state index >= 15 is 0 Å². The number of aryl methyl sites for hydroxylation is 1. The van der Waals surface area contributed by atoms with Gasteiger partial charge in [0, 0.05) is 5.69 Å². The molecule has 3 rings (SSSR count). The summed E-state index contributed by atoms with van der Waals surface area (Å²) in [5.41, 5.74) is 3.12. The molecule has 138 valence electrons. The fourth-order valence-corrected chi connectivity index (χ4v) is 3.31. The molecule has 6 nitrogen and oxygen atoms in total. The number of rotatable bonds is 6. The van der Waals surface area contributed by atoms with Gasteiger partial charge in [-0.1, -0.05) is 12.1 Å². The second kappa shape index (κ2) is 7.23. The Labute approximate surface area is 152 Å². The van der Waals surface area contributed by atoms with Gasteiger partial charge < -0.3 is 19.8 Å². The summed E-state index contributed by atoms with van der Waals surface area (Å²) in [5, 5.41) is 3.12. The summed E-state index contributed by atoms with van der Waals surface area (Å²) < 4.78 is 10.0.